The number of ether oxygens (including phenoxy) is 1. The Morgan fingerprint density at radius 3 is 2.92 bits per heavy atom. The van der Waals surface area contributed by atoms with Crippen LogP contribution in [0.4, 0.5) is 0 Å². The summed E-state index contributed by atoms with van der Waals surface area (Å²) >= 11 is 0. The fraction of sp³-hybridized carbons (Fsp3) is 0.250. The van der Waals surface area contributed by atoms with E-state index in [4.69, 9.17) is 4.74 Å². The molecule has 5 heteroatoms. The van der Waals surface area contributed by atoms with Crippen LogP contribution in [0, 0.1) is 0 Å². The van der Waals surface area contributed by atoms with Crippen LogP contribution in [0.5, 0.6) is 0 Å². The van der Waals surface area contributed by atoms with Gasteiger partial charge in [0, 0.05) is 35.8 Å². The maximum Gasteiger partial charge on any atom is 0.251 e. The van der Waals surface area contributed by atoms with Crippen LogP contribution in [0.2, 0.25) is 0 Å². The van der Waals surface area contributed by atoms with Gasteiger partial charge in [0.2, 0.25) is 0 Å². The molecule has 1 heterocycles. The van der Waals surface area contributed by atoms with Gasteiger partial charge in [0.15, 0.2) is 0 Å². The molecule has 0 saturated heterocycles. The number of aliphatic hydroxyl groups excluding tert-OH is 1. The van der Waals surface area contributed by atoms with Gasteiger partial charge in [0.05, 0.1) is 12.7 Å². The zero-order valence-corrected chi connectivity index (χ0v) is 14.2. The number of aromatic nitrogens is 1. The summed E-state index contributed by atoms with van der Waals surface area (Å²) in [5, 5.41) is 13.6. The van der Waals surface area contributed by atoms with Crippen molar-refractivity contribution in [1.29, 1.82) is 0 Å². The van der Waals surface area contributed by atoms with Gasteiger partial charge in [-0.05, 0) is 42.3 Å². The highest BCUT2D eigenvalue weighted by Gasteiger charge is 2.11. The first-order valence-electron chi connectivity index (χ1n) is 8.39. The lowest BCUT2D eigenvalue weighted by molar-refractivity contribution is 0.0418. The van der Waals surface area contributed by atoms with Gasteiger partial charge in [0.1, 0.15) is 0 Å². The number of carbonyl (C=O) groups excluding carboxylic acids is 1. The summed E-state index contributed by atoms with van der Waals surface area (Å²) in [4.78, 5) is 15.5. The molecule has 0 fully saturated rings. The van der Waals surface area contributed by atoms with Crippen molar-refractivity contribution in [2.75, 3.05) is 19.8 Å². The van der Waals surface area contributed by atoms with Gasteiger partial charge in [-0.25, -0.2) is 0 Å². The van der Waals surface area contributed by atoms with Crippen molar-refractivity contribution in [3.63, 3.8) is 0 Å². The average Bonchev–Trinajstić information content (AvgIpc) is 3.13. The molecule has 3 rings (SSSR count). The molecule has 0 saturated carbocycles. The van der Waals surface area contributed by atoms with E-state index in [1.165, 1.54) is 0 Å². The normalized spacial score (nSPS) is 12.2. The summed E-state index contributed by atoms with van der Waals surface area (Å²) in [7, 11) is 0. The molecule has 3 N–H and O–H groups in total. The summed E-state index contributed by atoms with van der Waals surface area (Å²) in [5.41, 5.74) is 3.68. The van der Waals surface area contributed by atoms with Gasteiger partial charge in [-0.1, -0.05) is 24.3 Å². The SMILES string of the molecule is CCOCC(O)CNC(=O)c1cccc(-c2cccc3[nH]ccc23)c1. The maximum absolute atomic E-state index is 12.4. The molecule has 2 aromatic carbocycles. The summed E-state index contributed by atoms with van der Waals surface area (Å²) in [6.07, 6.45) is 1.20. The van der Waals surface area contributed by atoms with E-state index >= 15 is 0 Å². The predicted octanol–water partition coefficient (Wildman–Crippen LogP) is 2.96. The number of fused-ring (bicyclic) bond motifs is 1. The monoisotopic (exact) mass is 338 g/mol. The highest BCUT2D eigenvalue weighted by atomic mass is 16.5. The molecule has 0 bridgehead atoms. The van der Waals surface area contributed by atoms with E-state index < -0.39 is 6.10 Å². The zero-order valence-electron chi connectivity index (χ0n) is 14.2. The number of H-pyrrole nitrogens is 1. The summed E-state index contributed by atoms with van der Waals surface area (Å²) < 4.78 is 5.14. The van der Waals surface area contributed by atoms with Crippen LogP contribution in [0.15, 0.2) is 54.7 Å². The van der Waals surface area contributed by atoms with E-state index in [1.54, 1.807) is 6.07 Å². The predicted molar refractivity (Wildman–Crippen MR) is 98.6 cm³/mol. The largest absolute Gasteiger partial charge is 0.389 e. The number of hydrogen-bond acceptors (Lipinski definition) is 3. The fourth-order valence-corrected chi connectivity index (χ4v) is 2.79. The molecule has 3 aromatic rings. The van der Waals surface area contributed by atoms with Crippen LogP contribution in [0.25, 0.3) is 22.0 Å². The van der Waals surface area contributed by atoms with Gasteiger partial charge in [-0.15, -0.1) is 0 Å². The minimum atomic E-state index is -0.708. The molecule has 1 atom stereocenters. The lowest BCUT2D eigenvalue weighted by atomic mass is 9.99. The van der Waals surface area contributed by atoms with Crippen LogP contribution in [-0.4, -0.2) is 41.9 Å². The molecular weight excluding hydrogens is 316 g/mol. The lowest BCUT2D eigenvalue weighted by Crippen LogP contribution is -2.34. The highest BCUT2D eigenvalue weighted by molar-refractivity contribution is 5.99. The second-order valence-corrected chi connectivity index (χ2v) is 5.85. The topological polar surface area (TPSA) is 74.3 Å². The smallest absolute Gasteiger partial charge is 0.251 e. The van der Waals surface area contributed by atoms with Gasteiger partial charge in [-0.2, -0.15) is 0 Å². The quantitative estimate of drug-likeness (QED) is 0.620. The Labute approximate surface area is 146 Å². The molecular formula is C20H22N2O3. The van der Waals surface area contributed by atoms with Crippen LogP contribution in [-0.2, 0) is 4.74 Å². The molecule has 25 heavy (non-hydrogen) atoms. The Bertz CT molecular complexity index is 857. The first-order valence-corrected chi connectivity index (χ1v) is 8.39. The van der Waals surface area contributed by atoms with E-state index in [1.807, 2.05) is 55.6 Å². The second kappa shape index (κ2) is 7.96. The standard InChI is InChI=1S/C20H22N2O3/c1-2-25-13-16(23)12-22-20(24)15-6-3-5-14(11-15)17-7-4-8-19-18(17)9-10-21-19/h3-11,16,21,23H,2,12-13H2,1H3,(H,22,24). The minimum Gasteiger partial charge on any atom is -0.389 e. The number of carbonyl (C=O) groups is 1. The van der Waals surface area contributed by atoms with E-state index in [9.17, 15) is 9.90 Å². The van der Waals surface area contributed by atoms with Crippen molar-refractivity contribution in [2.24, 2.45) is 0 Å². The van der Waals surface area contributed by atoms with E-state index in [0.29, 0.717) is 12.2 Å². The Morgan fingerprint density at radius 2 is 2.08 bits per heavy atom. The number of nitrogens with one attached hydrogen (secondary N) is 2. The van der Waals surface area contributed by atoms with Gasteiger partial charge in [0.25, 0.3) is 5.91 Å². The van der Waals surface area contributed by atoms with Crippen LogP contribution in [0.3, 0.4) is 0 Å². The second-order valence-electron chi connectivity index (χ2n) is 5.85. The summed E-state index contributed by atoms with van der Waals surface area (Å²) in [6, 6.07) is 15.6. The van der Waals surface area contributed by atoms with Crippen molar-refractivity contribution in [3.05, 3.63) is 60.3 Å². The van der Waals surface area contributed by atoms with Crippen molar-refractivity contribution in [3.8, 4) is 11.1 Å². The van der Waals surface area contributed by atoms with Crippen molar-refractivity contribution in [2.45, 2.75) is 13.0 Å². The van der Waals surface area contributed by atoms with Gasteiger partial charge >= 0.3 is 0 Å². The molecule has 0 aliphatic carbocycles. The Morgan fingerprint density at radius 1 is 1.24 bits per heavy atom. The molecule has 5 nitrogen and oxygen atoms in total. The highest BCUT2D eigenvalue weighted by Crippen LogP contribution is 2.28. The van der Waals surface area contributed by atoms with Crippen LogP contribution >= 0.6 is 0 Å². The molecule has 0 radical (unpaired) electrons. The zero-order chi connectivity index (χ0) is 17.6. The van der Waals surface area contributed by atoms with E-state index in [0.717, 1.165) is 22.0 Å². The molecule has 1 unspecified atom stereocenters. The van der Waals surface area contributed by atoms with Crippen molar-refractivity contribution < 1.29 is 14.6 Å². The number of amides is 1. The Balaban J connectivity index is 1.75. The summed E-state index contributed by atoms with van der Waals surface area (Å²) in [6.45, 7) is 2.78. The van der Waals surface area contributed by atoms with E-state index in [2.05, 4.69) is 10.3 Å². The molecule has 0 spiro atoms. The Hall–Kier alpha value is -2.63. The van der Waals surface area contributed by atoms with Crippen molar-refractivity contribution >= 4 is 16.8 Å². The molecule has 0 aliphatic rings. The third kappa shape index (κ3) is 4.07. The van der Waals surface area contributed by atoms with Crippen molar-refractivity contribution in [1.82, 2.24) is 10.3 Å². The first-order chi connectivity index (χ1) is 12.2. The fourth-order valence-electron chi connectivity index (χ4n) is 2.79. The van der Waals surface area contributed by atoms with Gasteiger partial charge < -0.3 is 20.1 Å². The molecule has 1 aromatic heterocycles. The third-order valence-corrected chi connectivity index (χ3v) is 4.04. The van der Waals surface area contributed by atoms with Gasteiger partial charge in [-0.3, -0.25) is 4.79 Å². The number of benzene rings is 2. The molecule has 1 amide bonds. The molecule has 130 valence electrons. The van der Waals surface area contributed by atoms with Crippen LogP contribution < -0.4 is 5.32 Å². The van der Waals surface area contributed by atoms with E-state index in [-0.39, 0.29) is 19.1 Å². The maximum atomic E-state index is 12.4. The average molecular weight is 338 g/mol. The number of aliphatic hydroxyl groups is 1. The summed E-state index contributed by atoms with van der Waals surface area (Å²) in [5.74, 6) is -0.210. The number of hydrogen-bond donors (Lipinski definition) is 3. The Kier molecular flexibility index (Phi) is 5.48. The third-order valence-electron chi connectivity index (χ3n) is 4.04. The minimum absolute atomic E-state index is 0.163. The number of aromatic amines is 1. The molecule has 0 aliphatic heterocycles. The lowest BCUT2D eigenvalue weighted by Gasteiger charge is -2.12. The van der Waals surface area contributed by atoms with Crippen LogP contribution in [0.1, 0.15) is 17.3 Å². The number of rotatable bonds is 7. The first kappa shape index (κ1) is 17.2.